The molecule has 0 bridgehead atoms. The maximum Gasteiger partial charge on any atom is 0.223 e. The summed E-state index contributed by atoms with van der Waals surface area (Å²) >= 11 is 12.0. The second kappa shape index (κ2) is 6.74. The Bertz CT molecular complexity index is 513. The van der Waals surface area contributed by atoms with Gasteiger partial charge in [0, 0.05) is 28.5 Å². The van der Waals surface area contributed by atoms with E-state index in [-0.39, 0.29) is 36.2 Å². The van der Waals surface area contributed by atoms with Crippen LogP contribution in [0.2, 0.25) is 10.0 Å². The molecule has 0 radical (unpaired) electrons. The smallest absolute Gasteiger partial charge is 0.223 e. The van der Waals surface area contributed by atoms with E-state index >= 15 is 0 Å². The first-order valence-electron chi connectivity index (χ1n) is 7.04. The predicted octanol–water partition coefficient (Wildman–Crippen LogP) is 3.37. The van der Waals surface area contributed by atoms with Gasteiger partial charge in [-0.3, -0.25) is 4.79 Å². The standard InChI is InChI=1S/C15H18Cl2N2O.ClH/c16-10-3-9(4-11(17)5-10)12-6-13(12)15(20)19-7-14(18)8-1-2-8;/h3-5,8,12-14H,1-2,6-7,18H2,(H,19,20);1H. The zero-order valence-corrected chi connectivity index (χ0v) is 13.8. The van der Waals surface area contributed by atoms with Crippen molar-refractivity contribution in [1.29, 1.82) is 0 Å². The molecule has 0 aromatic heterocycles. The number of halogens is 3. The van der Waals surface area contributed by atoms with Crippen LogP contribution in [0.1, 0.15) is 30.7 Å². The molecule has 21 heavy (non-hydrogen) atoms. The van der Waals surface area contributed by atoms with E-state index in [1.807, 2.05) is 12.1 Å². The van der Waals surface area contributed by atoms with Crippen molar-refractivity contribution in [1.82, 2.24) is 5.32 Å². The van der Waals surface area contributed by atoms with Gasteiger partial charge in [0.25, 0.3) is 0 Å². The SMILES string of the molecule is Cl.NC(CNC(=O)C1CC1c1cc(Cl)cc(Cl)c1)C1CC1. The van der Waals surface area contributed by atoms with Crippen molar-refractivity contribution in [2.75, 3.05) is 6.54 Å². The van der Waals surface area contributed by atoms with E-state index in [2.05, 4.69) is 5.32 Å². The highest BCUT2D eigenvalue weighted by molar-refractivity contribution is 6.34. The Hall–Kier alpha value is -0.480. The Morgan fingerprint density at radius 3 is 2.48 bits per heavy atom. The van der Waals surface area contributed by atoms with Crippen LogP contribution in [0.15, 0.2) is 18.2 Å². The van der Waals surface area contributed by atoms with Gasteiger partial charge in [0.1, 0.15) is 0 Å². The van der Waals surface area contributed by atoms with Gasteiger partial charge in [0.15, 0.2) is 0 Å². The molecule has 2 saturated carbocycles. The number of carbonyl (C=O) groups excluding carboxylic acids is 1. The molecule has 3 unspecified atom stereocenters. The average molecular weight is 350 g/mol. The van der Waals surface area contributed by atoms with Crippen LogP contribution in [0.5, 0.6) is 0 Å². The number of hydrogen-bond acceptors (Lipinski definition) is 2. The number of benzene rings is 1. The molecule has 116 valence electrons. The lowest BCUT2D eigenvalue weighted by molar-refractivity contribution is -0.122. The molecule has 3 atom stereocenters. The van der Waals surface area contributed by atoms with Crippen LogP contribution in [0.25, 0.3) is 0 Å². The molecule has 1 aromatic carbocycles. The second-order valence-corrected chi connectivity index (χ2v) is 6.77. The van der Waals surface area contributed by atoms with Gasteiger partial charge >= 0.3 is 0 Å². The first kappa shape index (κ1) is 16.9. The van der Waals surface area contributed by atoms with Crippen molar-refractivity contribution in [3.8, 4) is 0 Å². The molecule has 0 heterocycles. The molecular weight excluding hydrogens is 331 g/mol. The maximum atomic E-state index is 12.1. The summed E-state index contributed by atoms with van der Waals surface area (Å²) in [5, 5.41) is 4.20. The van der Waals surface area contributed by atoms with Crippen LogP contribution in [0, 0.1) is 11.8 Å². The van der Waals surface area contributed by atoms with Crippen molar-refractivity contribution in [3.63, 3.8) is 0 Å². The summed E-state index contributed by atoms with van der Waals surface area (Å²) in [5.41, 5.74) is 7.03. The van der Waals surface area contributed by atoms with E-state index in [1.165, 1.54) is 12.8 Å². The molecule has 0 aliphatic heterocycles. The van der Waals surface area contributed by atoms with Crippen molar-refractivity contribution >= 4 is 41.5 Å². The van der Waals surface area contributed by atoms with Crippen molar-refractivity contribution in [2.24, 2.45) is 17.6 Å². The second-order valence-electron chi connectivity index (χ2n) is 5.90. The molecule has 2 aliphatic rings. The van der Waals surface area contributed by atoms with E-state index in [0.29, 0.717) is 22.5 Å². The normalized spacial score (nSPS) is 24.9. The van der Waals surface area contributed by atoms with Crippen LogP contribution < -0.4 is 11.1 Å². The van der Waals surface area contributed by atoms with Crippen molar-refractivity contribution in [3.05, 3.63) is 33.8 Å². The Morgan fingerprint density at radius 1 is 1.29 bits per heavy atom. The summed E-state index contributed by atoms with van der Waals surface area (Å²) in [6.45, 7) is 0.586. The predicted molar refractivity (Wildman–Crippen MR) is 88.3 cm³/mol. The Morgan fingerprint density at radius 2 is 1.90 bits per heavy atom. The lowest BCUT2D eigenvalue weighted by atomic mass is 10.1. The van der Waals surface area contributed by atoms with Crippen LogP contribution >= 0.6 is 35.6 Å². The fraction of sp³-hybridized carbons (Fsp3) is 0.533. The van der Waals surface area contributed by atoms with Crippen molar-refractivity contribution in [2.45, 2.75) is 31.2 Å². The van der Waals surface area contributed by atoms with E-state index in [9.17, 15) is 4.79 Å². The lowest BCUT2D eigenvalue weighted by Gasteiger charge is -2.11. The number of hydrogen-bond donors (Lipinski definition) is 2. The van der Waals surface area contributed by atoms with Gasteiger partial charge in [0.2, 0.25) is 5.91 Å². The summed E-state index contributed by atoms with van der Waals surface area (Å²) in [6, 6.07) is 5.60. The van der Waals surface area contributed by atoms with Crippen LogP contribution in [-0.4, -0.2) is 18.5 Å². The van der Waals surface area contributed by atoms with Gasteiger partial charge in [-0.05, 0) is 54.9 Å². The van der Waals surface area contributed by atoms with Gasteiger partial charge in [-0.15, -0.1) is 12.4 Å². The third kappa shape index (κ3) is 4.26. The molecule has 3 N–H and O–H groups in total. The largest absolute Gasteiger partial charge is 0.354 e. The minimum atomic E-state index is 0. The molecule has 2 fully saturated rings. The molecule has 3 nitrogen and oxygen atoms in total. The number of nitrogens with one attached hydrogen (secondary N) is 1. The van der Waals surface area contributed by atoms with Crippen LogP contribution in [-0.2, 0) is 4.79 Å². The fourth-order valence-electron chi connectivity index (χ4n) is 2.68. The molecule has 3 rings (SSSR count). The van der Waals surface area contributed by atoms with Gasteiger partial charge in [0.05, 0.1) is 0 Å². The van der Waals surface area contributed by atoms with Crippen LogP contribution in [0.3, 0.4) is 0 Å². The first-order chi connectivity index (χ1) is 9.54. The van der Waals surface area contributed by atoms with E-state index in [1.54, 1.807) is 6.07 Å². The van der Waals surface area contributed by atoms with E-state index in [4.69, 9.17) is 28.9 Å². The molecule has 0 spiro atoms. The Kier molecular flexibility index (Phi) is 5.42. The van der Waals surface area contributed by atoms with Crippen molar-refractivity contribution < 1.29 is 4.79 Å². The monoisotopic (exact) mass is 348 g/mol. The quantitative estimate of drug-likeness (QED) is 0.856. The van der Waals surface area contributed by atoms with Crippen LogP contribution in [0.4, 0.5) is 0 Å². The van der Waals surface area contributed by atoms with Gasteiger partial charge < -0.3 is 11.1 Å². The topological polar surface area (TPSA) is 55.1 Å². The maximum absolute atomic E-state index is 12.1. The van der Waals surface area contributed by atoms with Gasteiger partial charge in [-0.25, -0.2) is 0 Å². The number of amides is 1. The summed E-state index contributed by atoms with van der Waals surface area (Å²) < 4.78 is 0. The van der Waals surface area contributed by atoms with Gasteiger partial charge in [-0.1, -0.05) is 23.2 Å². The van der Waals surface area contributed by atoms with Gasteiger partial charge in [-0.2, -0.15) is 0 Å². The molecular formula is C15H19Cl3N2O. The third-order valence-corrected chi connectivity index (χ3v) is 4.62. The van der Waals surface area contributed by atoms with E-state index in [0.717, 1.165) is 12.0 Å². The summed E-state index contributed by atoms with van der Waals surface area (Å²) in [7, 11) is 0. The highest BCUT2D eigenvalue weighted by Crippen LogP contribution is 2.48. The zero-order chi connectivity index (χ0) is 14.3. The highest BCUT2D eigenvalue weighted by atomic mass is 35.5. The molecule has 0 saturated heterocycles. The summed E-state index contributed by atoms with van der Waals surface area (Å²) in [4.78, 5) is 12.1. The number of carbonyl (C=O) groups is 1. The fourth-order valence-corrected chi connectivity index (χ4v) is 3.23. The molecule has 6 heteroatoms. The molecule has 2 aliphatic carbocycles. The lowest BCUT2D eigenvalue weighted by Crippen LogP contribution is -2.39. The zero-order valence-electron chi connectivity index (χ0n) is 11.5. The average Bonchev–Trinajstić information content (AvgIpc) is 3.27. The minimum absolute atomic E-state index is 0. The molecule has 1 amide bonds. The summed E-state index contributed by atoms with van der Waals surface area (Å²) in [6.07, 6.45) is 3.26. The minimum Gasteiger partial charge on any atom is -0.354 e. The van der Waals surface area contributed by atoms with E-state index < -0.39 is 0 Å². The first-order valence-corrected chi connectivity index (χ1v) is 7.79. The molecule has 1 aromatic rings. The number of rotatable bonds is 5. The Balaban J connectivity index is 0.00000161. The Labute approximate surface area is 141 Å². The highest BCUT2D eigenvalue weighted by Gasteiger charge is 2.44. The third-order valence-electron chi connectivity index (χ3n) is 4.18. The summed E-state index contributed by atoms with van der Waals surface area (Å²) in [5.74, 6) is 0.985. The number of nitrogens with two attached hydrogens (primary N) is 1.